The lowest BCUT2D eigenvalue weighted by Gasteiger charge is -2.34. The van der Waals surface area contributed by atoms with Crippen molar-refractivity contribution in [3.63, 3.8) is 0 Å². The first-order valence-electron chi connectivity index (χ1n) is 6.41. The Morgan fingerprint density at radius 3 is 2.57 bits per heavy atom. The zero-order valence-corrected chi connectivity index (χ0v) is 13.4. The Kier molecular flexibility index (Phi) is 3.82. The lowest BCUT2D eigenvalue weighted by atomic mass is 9.94. The van der Waals surface area contributed by atoms with Gasteiger partial charge >= 0.3 is 5.97 Å². The van der Waals surface area contributed by atoms with Crippen LogP contribution in [0.2, 0.25) is 0 Å². The van der Waals surface area contributed by atoms with E-state index in [0.717, 1.165) is 11.1 Å². The number of halogens is 1. The van der Waals surface area contributed by atoms with Crippen molar-refractivity contribution >= 4 is 39.1 Å². The van der Waals surface area contributed by atoms with E-state index in [2.05, 4.69) is 15.9 Å². The van der Waals surface area contributed by atoms with E-state index in [1.54, 1.807) is 6.07 Å². The summed E-state index contributed by atoms with van der Waals surface area (Å²) < 4.78 is 0.709. The van der Waals surface area contributed by atoms with Crippen LogP contribution in [0, 0.1) is 0 Å². The van der Waals surface area contributed by atoms with Crippen molar-refractivity contribution in [3.05, 3.63) is 56.2 Å². The van der Waals surface area contributed by atoms with Crippen molar-refractivity contribution in [2.45, 2.75) is 19.0 Å². The molecule has 0 fully saturated rings. The average molecular weight is 366 g/mol. The summed E-state index contributed by atoms with van der Waals surface area (Å²) in [5, 5.41) is 11.3. The van der Waals surface area contributed by atoms with E-state index < -0.39 is 12.0 Å². The Labute approximate surface area is 134 Å². The van der Waals surface area contributed by atoms with Crippen molar-refractivity contribution in [1.29, 1.82) is 0 Å². The number of rotatable bonds is 2. The molecule has 0 spiro atoms. The van der Waals surface area contributed by atoms with E-state index in [1.807, 2.05) is 29.6 Å². The molecule has 0 radical (unpaired) electrons. The van der Waals surface area contributed by atoms with Crippen molar-refractivity contribution in [2.75, 3.05) is 0 Å². The van der Waals surface area contributed by atoms with Crippen LogP contribution in [0.5, 0.6) is 0 Å². The van der Waals surface area contributed by atoms with Gasteiger partial charge in [-0.3, -0.25) is 4.79 Å². The minimum absolute atomic E-state index is 0.237. The number of fused-ring (bicyclic) bond motifs is 1. The van der Waals surface area contributed by atoms with Crippen LogP contribution in [0.25, 0.3) is 0 Å². The van der Waals surface area contributed by atoms with E-state index >= 15 is 0 Å². The van der Waals surface area contributed by atoms with Crippen molar-refractivity contribution < 1.29 is 14.7 Å². The molecule has 108 valence electrons. The van der Waals surface area contributed by atoms with E-state index in [9.17, 15) is 14.7 Å². The standard InChI is InChI=1S/C15H12BrNO3S/c16-11-5-6-21-13(11)14(18)17-8-10-4-2-1-3-9(10)7-12(17)15(19)20/h1-6,12H,7-8H2,(H,19,20)/t12-/m0/s1. The summed E-state index contributed by atoms with van der Waals surface area (Å²) in [7, 11) is 0. The van der Waals surface area contributed by atoms with Crippen LogP contribution < -0.4 is 0 Å². The third-order valence-electron chi connectivity index (χ3n) is 3.61. The van der Waals surface area contributed by atoms with Crippen molar-refractivity contribution in [3.8, 4) is 0 Å². The highest BCUT2D eigenvalue weighted by atomic mass is 79.9. The minimum Gasteiger partial charge on any atom is -0.480 e. The molecule has 1 atom stereocenters. The minimum atomic E-state index is -0.967. The Morgan fingerprint density at radius 1 is 1.24 bits per heavy atom. The molecule has 0 saturated carbocycles. The summed E-state index contributed by atoms with van der Waals surface area (Å²) in [5.74, 6) is -1.20. The maximum atomic E-state index is 12.6. The monoisotopic (exact) mass is 365 g/mol. The molecular weight excluding hydrogens is 354 g/mol. The Balaban J connectivity index is 1.98. The molecule has 0 unspecified atom stereocenters. The zero-order chi connectivity index (χ0) is 15.0. The molecule has 21 heavy (non-hydrogen) atoms. The number of thiophene rings is 1. The van der Waals surface area contributed by atoms with Gasteiger partial charge in [-0.05, 0) is 38.5 Å². The molecule has 1 N–H and O–H groups in total. The van der Waals surface area contributed by atoms with Crippen molar-refractivity contribution in [2.24, 2.45) is 0 Å². The molecular formula is C15H12BrNO3S. The lowest BCUT2D eigenvalue weighted by Crippen LogP contribution is -2.48. The van der Waals surface area contributed by atoms with Gasteiger partial charge in [0.05, 0.1) is 0 Å². The van der Waals surface area contributed by atoms with Crippen LogP contribution in [0.3, 0.4) is 0 Å². The second-order valence-electron chi connectivity index (χ2n) is 4.86. The first kappa shape index (κ1) is 14.3. The molecule has 0 saturated heterocycles. The van der Waals surface area contributed by atoms with Gasteiger partial charge in [0.15, 0.2) is 0 Å². The quantitative estimate of drug-likeness (QED) is 0.888. The second kappa shape index (κ2) is 5.61. The van der Waals surface area contributed by atoms with Gasteiger partial charge in [0.1, 0.15) is 10.9 Å². The second-order valence-corrected chi connectivity index (χ2v) is 6.63. The number of carboxylic acids is 1. The van der Waals surface area contributed by atoms with E-state index in [1.165, 1.54) is 16.2 Å². The molecule has 3 rings (SSSR count). The zero-order valence-electron chi connectivity index (χ0n) is 11.0. The third kappa shape index (κ3) is 2.61. The SMILES string of the molecule is O=C(O)[C@@H]1Cc2ccccc2CN1C(=O)c1sccc1Br. The Bertz CT molecular complexity index is 712. The average Bonchev–Trinajstić information content (AvgIpc) is 2.91. The first-order chi connectivity index (χ1) is 10.1. The van der Waals surface area contributed by atoms with Crippen molar-refractivity contribution in [1.82, 2.24) is 4.90 Å². The van der Waals surface area contributed by atoms with Crippen LogP contribution in [0.1, 0.15) is 20.8 Å². The van der Waals surface area contributed by atoms with Crippen LogP contribution in [-0.4, -0.2) is 27.9 Å². The number of hydrogen-bond acceptors (Lipinski definition) is 3. The van der Waals surface area contributed by atoms with Crippen LogP contribution in [0.4, 0.5) is 0 Å². The Morgan fingerprint density at radius 2 is 1.95 bits per heavy atom. The number of carbonyl (C=O) groups excluding carboxylic acids is 1. The summed E-state index contributed by atoms with van der Waals surface area (Å²) in [6.07, 6.45) is 0.347. The molecule has 1 aromatic heterocycles. The molecule has 0 bridgehead atoms. The van der Waals surface area contributed by atoms with Gasteiger partial charge in [-0.2, -0.15) is 0 Å². The van der Waals surface area contributed by atoms with Gasteiger partial charge in [0.2, 0.25) is 0 Å². The maximum Gasteiger partial charge on any atom is 0.326 e. The van der Waals surface area contributed by atoms with E-state index in [-0.39, 0.29) is 5.91 Å². The maximum absolute atomic E-state index is 12.6. The molecule has 4 nitrogen and oxygen atoms in total. The largest absolute Gasteiger partial charge is 0.480 e. The molecule has 6 heteroatoms. The topological polar surface area (TPSA) is 57.6 Å². The van der Waals surface area contributed by atoms with Crippen LogP contribution in [-0.2, 0) is 17.8 Å². The van der Waals surface area contributed by atoms with Gasteiger partial charge in [0.25, 0.3) is 5.91 Å². The Hall–Kier alpha value is -1.66. The molecule has 1 aliphatic heterocycles. The smallest absolute Gasteiger partial charge is 0.326 e. The normalized spacial score (nSPS) is 17.4. The molecule has 1 amide bonds. The number of nitrogens with zero attached hydrogens (tertiary/aromatic N) is 1. The van der Waals surface area contributed by atoms with Crippen LogP contribution >= 0.6 is 27.3 Å². The lowest BCUT2D eigenvalue weighted by molar-refractivity contribution is -0.142. The van der Waals surface area contributed by atoms with Gasteiger partial charge in [0, 0.05) is 17.4 Å². The van der Waals surface area contributed by atoms with Gasteiger partial charge < -0.3 is 10.0 Å². The fraction of sp³-hybridized carbons (Fsp3) is 0.200. The predicted octanol–water partition coefficient (Wildman–Crippen LogP) is 3.16. The molecule has 0 aliphatic carbocycles. The van der Waals surface area contributed by atoms with E-state index in [4.69, 9.17) is 0 Å². The third-order valence-corrected chi connectivity index (χ3v) is 5.43. The fourth-order valence-corrected chi connectivity index (χ4v) is 4.03. The molecule has 2 aromatic rings. The highest BCUT2D eigenvalue weighted by molar-refractivity contribution is 9.10. The van der Waals surface area contributed by atoms with Gasteiger partial charge in [-0.1, -0.05) is 24.3 Å². The number of amides is 1. The number of benzene rings is 1. The summed E-state index contributed by atoms with van der Waals surface area (Å²) in [4.78, 5) is 26.2. The van der Waals surface area contributed by atoms with Gasteiger partial charge in [-0.25, -0.2) is 4.79 Å². The fourth-order valence-electron chi connectivity index (χ4n) is 2.53. The highest BCUT2D eigenvalue weighted by Gasteiger charge is 2.35. The first-order valence-corrected chi connectivity index (χ1v) is 8.08. The molecule has 1 aromatic carbocycles. The van der Waals surface area contributed by atoms with Gasteiger partial charge in [-0.15, -0.1) is 11.3 Å². The summed E-state index contributed by atoms with van der Waals surface area (Å²) in [6.45, 7) is 0.330. The number of hydrogen-bond donors (Lipinski definition) is 1. The van der Waals surface area contributed by atoms with Crippen LogP contribution in [0.15, 0.2) is 40.2 Å². The summed E-state index contributed by atoms with van der Waals surface area (Å²) in [5.41, 5.74) is 2.01. The molecule has 2 heterocycles. The summed E-state index contributed by atoms with van der Waals surface area (Å²) >= 11 is 4.65. The number of carbonyl (C=O) groups is 2. The predicted molar refractivity (Wildman–Crippen MR) is 83.5 cm³/mol. The molecule has 1 aliphatic rings. The highest BCUT2D eigenvalue weighted by Crippen LogP contribution is 2.29. The number of aliphatic carboxylic acids is 1. The summed E-state index contributed by atoms with van der Waals surface area (Å²) in [6, 6.07) is 8.65. The van der Waals surface area contributed by atoms with E-state index in [0.29, 0.717) is 22.3 Å². The number of carboxylic acid groups (broad SMARTS) is 1.